The molecule has 0 saturated carbocycles. The SMILES string of the molecule is CO[C@H](C)C12c3ccccc3C(c3ccccc31)[C@@H]1C(=O)C=CC(=O)[C@@H]12. The van der Waals surface area contributed by atoms with Crippen molar-refractivity contribution < 1.29 is 14.3 Å². The average molecular weight is 344 g/mol. The summed E-state index contributed by atoms with van der Waals surface area (Å²) in [4.78, 5) is 26.1. The molecule has 130 valence electrons. The molecule has 6 rings (SSSR count). The number of hydrogen-bond acceptors (Lipinski definition) is 3. The van der Waals surface area contributed by atoms with Gasteiger partial charge >= 0.3 is 0 Å². The molecule has 0 fully saturated rings. The summed E-state index contributed by atoms with van der Waals surface area (Å²) in [6, 6.07) is 16.5. The topological polar surface area (TPSA) is 43.4 Å². The van der Waals surface area contributed by atoms with Crippen molar-refractivity contribution in [1.82, 2.24) is 0 Å². The molecule has 0 aromatic heterocycles. The van der Waals surface area contributed by atoms with E-state index in [0.717, 1.165) is 22.3 Å². The molecule has 3 heteroatoms. The lowest BCUT2D eigenvalue weighted by Gasteiger charge is -2.59. The number of allylic oxidation sites excluding steroid dienone is 2. The van der Waals surface area contributed by atoms with E-state index < -0.39 is 11.3 Å². The first kappa shape index (κ1) is 15.7. The fraction of sp³-hybridized carbons (Fsp3) is 0.304. The van der Waals surface area contributed by atoms with Crippen molar-refractivity contribution in [3.8, 4) is 0 Å². The highest BCUT2D eigenvalue weighted by atomic mass is 16.5. The Morgan fingerprint density at radius 2 is 1.42 bits per heavy atom. The van der Waals surface area contributed by atoms with Crippen LogP contribution in [0.5, 0.6) is 0 Å². The van der Waals surface area contributed by atoms with Gasteiger partial charge in [-0.3, -0.25) is 9.59 Å². The molecule has 0 aliphatic heterocycles. The number of benzene rings is 2. The summed E-state index contributed by atoms with van der Waals surface area (Å²) in [5, 5.41) is 0. The van der Waals surface area contributed by atoms with Crippen LogP contribution >= 0.6 is 0 Å². The molecule has 4 aliphatic rings. The second kappa shape index (κ2) is 5.24. The fourth-order valence-corrected chi connectivity index (χ4v) is 5.79. The van der Waals surface area contributed by atoms with Gasteiger partial charge in [-0.1, -0.05) is 48.5 Å². The van der Waals surface area contributed by atoms with Gasteiger partial charge in [-0.25, -0.2) is 0 Å². The van der Waals surface area contributed by atoms with Crippen molar-refractivity contribution in [1.29, 1.82) is 0 Å². The summed E-state index contributed by atoms with van der Waals surface area (Å²) in [6.07, 6.45) is 2.71. The zero-order valence-electron chi connectivity index (χ0n) is 14.8. The summed E-state index contributed by atoms with van der Waals surface area (Å²) in [7, 11) is 1.69. The van der Waals surface area contributed by atoms with Crippen LogP contribution in [0.1, 0.15) is 35.1 Å². The van der Waals surface area contributed by atoms with E-state index in [1.807, 2.05) is 31.2 Å². The lowest BCUT2D eigenvalue weighted by Crippen LogP contribution is -2.62. The minimum absolute atomic E-state index is 0.0347. The van der Waals surface area contributed by atoms with Crippen LogP contribution in [0.2, 0.25) is 0 Å². The predicted octanol–water partition coefficient (Wildman–Crippen LogP) is 3.41. The van der Waals surface area contributed by atoms with Crippen molar-refractivity contribution in [3.63, 3.8) is 0 Å². The van der Waals surface area contributed by atoms with E-state index in [0.29, 0.717) is 0 Å². The Hall–Kier alpha value is -2.52. The van der Waals surface area contributed by atoms with E-state index in [4.69, 9.17) is 4.74 Å². The Labute approximate surface area is 152 Å². The molecule has 3 atom stereocenters. The first-order valence-corrected chi connectivity index (χ1v) is 9.09. The van der Waals surface area contributed by atoms with Crippen LogP contribution in [0.4, 0.5) is 0 Å². The van der Waals surface area contributed by atoms with E-state index in [9.17, 15) is 9.59 Å². The number of ketones is 2. The third-order valence-corrected chi connectivity index (χ3v) is 6.73. The van der Waals surface area contributed by atoms with Crippen molar-refractivity contribution in [2.75, 3.05) is 7.11 Å². The van der Waals surface area contributed by atoms with Crippen LogP contribution in [0.15, 0.2) is 60.7 Å². The van der Waals surface area contributed by atoms with Gasteiger partial charge in [0.25, 0.3) is 0 Å². The fourth-order valence-electron chi connectivity index (χ4n) is 5.79. The molecule has 2 aromatic carbocycles. The van der Waals surface area contributed by atoms with Crippen LogP contribution in [0.25, 0.3) is 0 Å². The molecule has 26 heavy (non-hydrogen) atoms. The van der Waals surface area contributed by atoms with Gasteiger partial charge in [-0.2, -0.15) is 0 Å². The van der Waals surface area contributed by atoms with Gasteiger partial charge in [0, 0.05) is 24.9 Å². The Morgan fingerprint density at radius 1 is 0.885 bits per heavy atom. The maximum absolute atomic E-state index is 13.1. The minimum atomic E-state index is -0.640. The van der Waals surface area contributed by atoms with Crippen molar-refractivity contribution >= 4 is 11.6 Å². The predicted molar refractivity (Wildman–Crippen MR) is 98.1 cm³/mol. The van der Waals surface area contributed by atoms with Gasteiger partial charge < -0.3 is 4.74 Å². The Kier molecular flexibility index (Phi) is 3.17. The molecule has 0 unspecified atom stereocenters. The molecule has 2 bridgehead atoms. The Morgan fingerprint density at radius 3 is 2.00 bits per heavy atom. The summed E-state index contributed by atoms with van der Waals surface area (Å²) >= 11 is 0. The smallest absolute Gasteiger partial charge is 0.160 e. The second-order valence-corrected chi connectivity index (χ2v) is 7.54. The first-order valence-electron chi connectivity index (χ1n) is 9.09. The van der Waals surface area contributed by atoms with E-state index in [1.165, 1.54) is 12.2 Å². The molecule has 0 spiro atoms. The lowest BCUT2D eigenvalue weighted by atomic mass is 9.43. The van der Waals surface area contributed by atoms with E-state index in [-0.39, 0.29) is 29.5 Å². The van der Waals surface area contributed by atoms with Gasteiger partial charge in [0.2, 0.25) is 0 Å². The average Bonchev–Trinajstić information content (AvgIpc) is 2.69. The van der Waals surface area contributed by atoms with Crippen LogP contribution in [-0.4, -0.2) is 24.8 Å². The summed E-state index contributed by atoms with van der Waals surface area (Å²) < 4.78 is 5.87. The summed E-state index contributed by atoms with van der Waals surface area (Å²) in [6.45, 7) is 2.02. The highest BCUT2D eigenvalue weighted by molar-refractivity contribution is 6.10. The van der Waals surface area contributed by atoms with E-state index >= 15 is 0 Å². The Bertz CT molecular complexity index is 923. The molecule has 0 amide bonds. The largest absolute Gasteiger partial charge is 0.380 e. The molecule has 0 heterocycles. The third-order valence-electron chi connectivity index (χ3n) is 6.73. The molecule has 0 saturated heterocycles. The number of carbonyl (C=O) groups is 2. The van der Waals surface area contributed by atoms with Gasteiger partial charge in [-0.05, 0) is 41.3 Å². The van der Waals surface area contributed by atoms with Crippen LogP contribution in [0.3, 0.4) is 0 Å². The van der Waals surface area contributed by atoms with Gasteiger partial charge in [0.1, 0.15) is 0 Å². The quantitative estimate of drug-likeness (QED) is 0.838. The highest BCUT2D eigenvalue weighted by Gasteiger charge is 2.65. The zero-order valence-corrected chi connectivity index (χ0v) is 14.8. The maximum Gasteiger partial charge on any atom is 0.160 e. The molecular formula is C23H20O3. The highest BCUT2D eigenvalue weighted by Crippen LogP contribution is 2.64. The standard InChI is InChI=1S/C23H20O3/c1-13(26-2)23-16-9-5-3-7-14(16)20(15-8-4-6-10-17(15)23)21-18(24)11-12-19(25)22(21)23/h3-13,20-22H,1-2H3/t13-,20?,21+,22+,23?/m1/s1. The number of methoxy groups -OCH3 is 1. The van der Waals surface area contributed by atoms with Gasteiger partial charge in [-0.15, -0.1) is 0 Å². The molecule has 2 aromatic rings. The molecule has 4 aliphatic carbocycles. The van der Waals surface area contributed by atoms with Gasteiger partial charge in [0.15, 0.2) is 11.6 Å². The second-order valence-electron chi connectivity index (χ2n) is 7.54. The van der Waals surface area contributed by atoms with Crippen LogP contribution < -0.4 is 0 Å². The third kappa shape index (κ3) is 1.62. The Balaban J connectivity index is 1.96. The molecular weight excluding hydrogens is 324 g/mol. The van der Waals surface area contributed by atoms with Crippen molar-refractivity contribution in [3.05, 3.63) is 82.9 Å². The normalized spacial score (nSPS) is 32.0. The summed E-state index contributed by atoms with van der Waals surface area (Å²) in [5.74, 6) is -0.747. The van der Waals surface area contributed by atoms with Crippen molar-refractivity contribution in [2.45, 2.75) is 24.4 Å². The lowest BCUT2D eigenvalue weighted by molar-refractivity contribution is -0.136. The molecule has 0 radical (unpaired) electrons. The maximum atomic E-state index is 13.1. The number of rotatable bonds is 2. The zero-order chi connectivity index (χ0) is 18.1. The monoisotopic (exact) mass is 344 g/mol. The van der Waals surface area contributed by atoms with Crippen LogP contribution in [-0.2, 0) is 19.7 Å². The van der Waals surface area contributed by atoms with Gasteiger partial charge in [0.05, 0.1) is 11.5 Å². The number of carbonyl (C=O) groups excluding carboxylic acids is 2. The van der Waals surface area contributed by atoms with Crippen LogP contribution in [0, 0.1) is 11.8 Å². The van der Waals surface area contributed by atoms with Crippen molar-refractivity contribution in [2.24, 2.45) is 11.8 Å². The molecule has 3 nitrogen and oxygen atoms in total. The number of hydrogen-bond donors (Lipinski definition) is 0. The summed E-state index contributed by atoms with van der Waals surface area (Å²) in [5.41, 5.74) is 3.95. The van der Waals surface area contributed by atoms with E-state index in [1.54, 1.807) is 7.11 Å². The molecule has 0 N–H and O–H groups in total. The first-order chi connectivity index (χ1) is 12.6. The number of ether oxygens (including phenoxy) is 1. The minimum Gasteiger partial charge on any atom is -0.380 e. The van der Waals surface area contributed by atoms with E-state index in [2.05, 4.69) is 24.3 Å².